The van der Waals surface area contributed by atoms with Gasteiger partial charge in [-0.1, -0.05) is 18.9 Å². The summed E-state index contributed by atoms with van der Waals surface area (Å²) in [5.74, 6) is 0.750. The second-order valence-corrected chi connectivity index (χ2v) is 5.61. The highest BCUT2D eigenvalue weighted by atomic mass is 79.9. The van der Waals surface area contributed by atoms with Crippen molar-refractivity contribution < 1.29 is 0 Å². The molecule has 0 bridgehead atoms. The van der Waals surface area contributed by atoms with Gasteiger partial charge in [0.2, 0.25) is 0 Å². The predicted octanol–water partition coefficient (Wildman–Crippen LogP) is 4.31. The van der Waals surface area contributed by atoms with E-state index in [0.717, 1.165) is 16.1 Å². The zero-order chi connectivity index (χ0) is 12.3. The maximum absolute atomic E-state index is 9.16. The van der Waals surface area contributed by atoms with Gasteiger partial charge in [0, 0.05) is 10.5 Å². The first-order valence-electron chi connectivity index (χ1n) is 6.17. The quantitative estimate of drug-likeness (QED) is 0.901. The molecule has 0 spiro atoms. The third kappa shape index (κ3) is 2.81. The minimum Gasteiger partial charge on any atom is -0.381 e. The van der Waals surface area contributed by atoms with E-state index in [-0.39, 0.29) is 0 Å². The molecule has 0 heterocycles. The summed E-state index contributed by atoms with van der Waals surface area (Å²) in [7, 11) is 0. The number of nitriles is 1. The van der Waals surface area contributed by atoms with Gasteiger partial charge in [0.25, 0.3) is 0 Å². The van der Waals surface area contributed by atoms with Crippen LogP contribution in [0.15, 0.2) is 22.7 Å². The summed E-state index contributed by atoms with van der Waals surface area (Å²) in [6.45, 7) is 2.22. The van der Waals surface area contributed by atoms with Crippen LogP contribution >= 0.6 is 15.9 Å². The van der Waals surface area contributed by atoms with E-state index >= 15 is 0 Å². The molecule has 3 heteroatoms. The Kier molecular flexibility index (Phi) is 4.06. The molecule has 1 N–H and O–H groups in total. The largest absolute Gasteiger partial charge is 0.381 e. The first-order chi connectivity index (χ1) is 8.22. The van der Waals surface area contributed by atoms with E-state index in [0.29, 0.717) is 11.6 Å². The number of halogens is 1. The van der Waals surface area contributed by atoms with Crippen LogP contribution in [0, 0.1) is 17.2 Å². The van der Waals surface area contributed by atoms with Gasteiger partial charge in [0.1, 0.15) is 6.07 Å². The zero-order valence-electron chi connectivity index (χ0n) is 10.0. The molecule has 1 aliphatic rings. The summed E-state index contributed by atoms with van der Waals surface area (Å²) in [4.78, 5) is 0. The summed E-state index contributed by atoms with van der Waals surface area (Å²) in [6.07, 6.45) is 5.31. The molecule has 2 rings (SSSR count). The van der Waals surface area contributed by atoms with Crippen LogP contribution in [0.2, 0.25) is 0 Å². The van der Waals surface area contributed by atoms with E-state index in [2.05, 4.69) is 34.2 Å². The number of hydrogen-bond acceptors (Lipinski definition) is 2. The lowest BCUT2D eigenvalue weighted by Gasteiger charge is -2.22. The summed E-state index contributed by atoms with van der Waals surface area (Å²) in [5.41, 5.74) is 1.65. The molecular formula is C14H17BrN2. The molecule has 0 aromatic heterocycles. The third-order valence-electron chi connectivity index (χ3n) is 3.62. The van der Waals surface area contributed by atoms with Crippen LogP contribution < -0.4 is 5.32 Å². The van der Waals surface area contributed by atoms with Gasteiger partial charge < -0.3 is 5.32 Å². The molecule has 2 nitrogen and oxygen atoms in total. The monoisotopic (exact) mass is 292 g/mol. The van der Waals surface area contributed by atoms with E-state index < -0.39 is 0 Å². The minimum absolute atomic E-state index is 0.443. The van der Waals surface area contributed by atoms with Crippen LogP contribution in [0.5, 0.6) is 0 Å². The van der Waals surface area contributed by atoms with Crippen LogP contribution in [0.3, 0.4) is 0 Å². The Hall–Kier alpha value is -1.01. The number of nitrogens with zero attached hydrogens (tertiary/aromatic N) is 1. The van der Waals surface area contributed by atoms with Gasteiger partial charge in [0.05, 0.1) is 11.3 Å². The molecule has 1 fully saturated rings. The highest BCUT2D eigenvalue weighted by Gasteiger charge is 2.22. The topological polar surface area (TPSA) is 35.8 Å². The first-order valence-corrected chi connectivity index (χ1v) is 6.97. The van der Waals surface area contributed by atoms with Crippen molar-refractivity contribution in [3.63, 3.8) is 0 Å². The van der Waals surface area contributed by atoms with Gasteiger partial charge in [-0.3, -0.25) is 0 Å². The number of hydrogen-bond donors (Lipinski definition) is 1. The standard InChI is InChI=1S/C14H17BrN2/c1-10(11-5-2-3-6-11)17-14-8-4-7-13(15)12(14)9-16/h4,7-8,10-11,17H,2-3,5-6H2,1H3. The SMILES string of the molecule is CC(Nc1cccc(Br)c1C#N)C1CCCC1. The lowest BCUT2D eigenvalue weighted by molar-refractivity contribution is 0.482. The molecule has 0 amide bonds. The number of benzene rings is 1. The van der Waals surface area contributed by atoms with Crippen molar-refractivity contribution in [3.8, 4) is 6.07 Å². The van der Waals surface area contributed by atoms with Crippen LogP contribution in [-0.4, -0.2) is 6.04 Å². The first kappa shape index (κ1) is 12.4. The van der Waals surface area contributed by atoms with Gasteiger partial charge >= 0.3 is 0 Å². The fourth-order valence-corrected chi connectivity index (χ4v) is 3.03. The molecule has 90 valence electrons. The van der Waals surface area contributed by atoms with Crippen LogP contribution in [0.4, 0.5) is 5.69 Å². The third-order valence-corrected chi connectivity index (χ3v) is 4.28. The molecule has 1 aromatic carbocycles. The van der Waals surface area contributed by atoms with Gasteiger partial charge in [-0.05, 0) is 53.7 Å². The number of anilines is 1. The molecule has 17 heavy (non-hydrogen) atoms. The van der Waals surface area contributed by atoms with Crippen molar-refractivity contribution in [2.75, 3.05) is 5.32 Å². The van der Waals surface area contributed by atoms with E-state index in [4.69, 9.17) is 5.26 Å². The zero-order valence-corrected chi connectivity index (χ0v) is 11.6. The van der Waals surface area contributed by atoms with Gasteiger partial charge in [0.15, 0.2) is 0 Å². The van der Waals surface area contributed by atoms with Crippen molar-refractivity contribution in [2.24, 2.45) is 5.92 Å². The Morgan fingerprint density at radius 1 is 1.41 bits per heavy atom. The average Bonchev–Trinajstić information content (AvgIpc) is 2.82. The van der Waals surface area contributed by atoms with E-state index in [1.807, 2.05) is 18.2 Å². The fraction of sp³-hybridized carbons (Fsp3) is 0.500. The Balaban J connectivity index is 2.13. The lowest BCUT2D eigenvalue weighted by Crippen LogP contribution is -2.24. The number of rotatable bonds is 3. The molecule has 1 unspecified atom stereocenters. The lowest BCUT2D eigenvalue weighted by atomic mass is 9.99. The van der Waals surface area contributed by atoms with E-state index in [1.165, 1.54) is 25.7 Å². The summed E-state index contributed by atoms with van der Waals surface area (Å²) < 4.78 is 0.864. The number of nitrogens with one attached hydrogen (secondary N) is 1. The highest BCUT2D eigenvalue weighted by molar-refractivity contribution is 9.10. The summed E-state index contributed by atoms with van der Waals surface area (Å²) in [5, 5.41) is 12.6. The molecule has 1 atom stereocenters. The summed E-state index contributed by atoms with van der Waals surface area (Å²) >= 11 is 3.42. The smallest absolute Gasteiger partial charge is 0.103 e. The Bertz CT molecular complexity index is 430. The fourth-order valence-electron chi connectivity index (χ4n) is 2.58. The van der Waals surface area contributed by atoms with Gasteiger partial charge in [-0.2, -0.15) is 5.26 Å². The molecule has 1 aliphatic carbocycles. The van der Waals surface area contributed by atoms with Crippen LogP contribution in [-0.2, 0) is 0 Å². The Morgan fingerprint density at radius 2 is 2.12 bits per heavy atom. The minimum atomic E-state index is 0.443. The molecule has 0 saturated heterocycles. The van der Waals surface area contributed by atoms with Crippen molar-refractivity contribution >= 4 is 21.6 Å². The van der Waals surface area contributed by atoms with Crippen molar-refractivity contribution in [1.29, 1.82) is 5.26 Å². The van der Waals surface area contributed by atoms with Crippen LogP contribution in [0.1, 0.15) is 38.2 Å². The predicted molar refractivity (Wildman–Crippen MR) is 73.9 cm³/mol. The van der Waals surface area contributed by atoms with Gasteiger partial charge in [-0.15, -0.1) is 0 Å². The van der Waals surface area contributed by atoms with Gasteiger partial charge in [-0.25, -0.2) is 0 Å². The molecule has 1 aromatic rings. The Labute approximate surface area is 111 Å². The second-order valence-electron chi connectivity index (χ2n) is 4.75. The molecule has 0 radical (unpaired) electrons. The van der Waals surface area contributed by atoms with E-state index in [1.54, 1.807) is 0 Å². The highest BCUT2D eigenvalue weighted by Crippen LogP contribution is 2.31. The normalized spacial score (nSPS) is 17.7. The van der Waals surface area contributed by atoms with Crippen molar-refractivity contribution in [3.05, 3.63) is 28.2 Å². The maximum Gasteiger partial charge on any atom is 0.103 e. The molecular weight excluding hydrogens is 276 g/mol. The van der Waals surface area contributed by atoms with Crippen molar-refractivity contribution in [2.45, 2.75) is 38.6 Å². The van der Waals surface area contributed by atoms with Crippen molar-refractivity contribution in [1.82, 2.24) is 0 Å². The molecule has 1 saturated carbocycles. The molecule has 0 aliphatic heterocycles. The maximum atomic E-state index is 9.16. The van der Waals surface area contributed by atoms with E-state index in [9.17, 15) is 0 Å². The second kappa shape index (κ2) is 5.55. The summed E-state index contributed by atoms with van der Waals surface area (Å²) in [6, 6.07) is 8.55. The Morgan fingerprint density at radius 3 is 2.76 bits per heavy atom. The average molecular weight is 293 g/mol. The van der Waals surface area contributed by atoms with Crippen LogP contribution in [0.25, 0.3) is 0 Å².